The van der Waals surface area contributed by atoms with Gasteiger partial charge in [0.05, 0.1) is 5.33 Å². The molecular formula is C7H10BrN3. The van der Waals surface area contributed by atoms with E-state index in [1.54, 1.807) is 0 Å². The Morgan fingerprint density at radius 3 is 2.82 bits per heavy atom. The van der Waals surface area contributed by atoms with Crippen molar-refractivity contribution in [1.29, 1.82) is 0 Å². The van der Waals surface area contributed by atoms with E-state index in [-0.39, 0.29) is 0 Å². The number of halogens is 1. The fraction of sp³-hybridized carbons (Fsp3) is 0.714. The molecule has 0 saturated heterocycles. The van der Waals surface area contributed by atoms with Crippen LogP contribution in [-0.4, -0.2) is 14.8 Å². The van der Waals surface area contributed by atoms with Crippen molar-refractivity contribution in [3.05, 3.63) is 11.6 Å². The summed E-state index contributed by atoms with van der Waals surface area (Å²) in [6.45, 7) is 0. The van der Waals surface area contributed by atoms with Crippen molar-refractivity contribution in [3.8, 4) is 0 Å². The lowest BCUT2D eigenvalue weighted by Crippen LogP contribution is -1.96. The number of nitrogens with zero attached hydrogens (tertiary/aromatic N) is 3. The first-order chi connectivity index (χ1) is 5.31. The molecular weight excluding hydrogens is 206 g/mol. The van der Waals surface area contributed by atoms with Crippen LogP contribution in [0, 0.1) is 0 Å². The van der Waals surface area contributed by atoms with Gasteiger partial charge in [-0.3, -0.25) is 4.68 Å². The summed E-state index contributed by atoms with van der Waals surface area (Å²) >= 11 is 3.34. The lowest BCUT2D eigenvalue weighted by atomic mass is 10.4. The van der Waals surface area contributed by atoms with Crippen LogP contribution in [0.15, 0.2) is 0 Å². The molecule has 0 spiro atoms. The third-order valence-corrected chi connectivity index (χ3v) is 2.40. The summed E-state index contributed by atoms with van der Waals surface area (Å²) in [5.41, 5.74) is 0. The number of aryl methyl sites for hydroxylation is 1. The normalized spacial score (nSPS) is 17.3. The Balaban J connectivity index is 2.30. The SMILES string of the molecule is Cn1nc(CBr)nc1C1CC1. The van der Waals surface area contributed by atoms with Gasteiger partial charge in [-0.05, 0) is 12.8 Å². The van der Waals surface area contributed by atoms with Crippen LogP contribution in [-0.2, 0) is 12.4 Å². The summed E-state index contributed by atoms with van der Waals surface area (Å²) in [6, 6.07) is 0. The summed E-state index contributed by atoms with van der Waals surface area (Å²) in [5.74, 6) is 2.74. The van der Waals surface area contributed by atoms with Crippen LogP contribution in [0.5, 0.6) is 0 Å². The molecule has 1 fully saturated rings. The second-order valence-corrected chi connectivity index (χ2v) is 3.48. The molecule has 4 heteroatoms. The van der Waals surface area contributed by atoms with Gasteiger partial charge in [-0.1, -0.05) is 15.9 Å². The number of hydrogen-bond acceptors (Lipinski definition) is 2. The Morgan fingerprint density at radius 2 is 2.36 bits per heavy atom. The molecule has 1 saturated carbocycles. The largest absolute Gasteiger partial charge is 0.253 e. The lowest BCUT2D eigenvalue weighted by Gasteiger charge is -1.92. The highest BCUT2D eigenvalue weighted by atomic mass is 79.9. The average molecular weight is 216 g/mol. The molecule has 1 aliphatic rings. The lowest BCUT2D eigenvalue weighted by molar-refractivity contribution is 0.700. The molecule has 60 valence electrons. The first-order valence-corrected chi connectivity index (χ1v) is 4.89. The maximum absolute atomic E-state index is 4.40. The standard InChI is InChI=1S/C7H10BrN3/c1-11-7(5-2-3-5)9-6(4-8)10-11/h5H,2-4H2,1H3. The highest BCUT2D eigenvalue weighted by Crippen LogP contribution is 2.38. The monoisotopic (exact) mass is 215 g/mol. The summed E-state index contributed by atoms with van der Waals surface area (Å²) in [6.07, 6.45) is 2.57. The van der Waals surface area contributed by atoms with Gasteiger partial charge in [-0.2, -0.15) is 5.10 Å². The van der Waals surface area contributed by atoms with Crippen LogP contribution < -0.4 is 0 Å². The fourth-order valence-electron chi connectivity index (χ4n) is 1.20. The highest BCUT2D eigenvalue weighted by molar-refractivity contribution is 9.08. The molecule has 0 radical (unpaired) electrons. The third-order valence-electron chi connectivity index (χ3n) is 1.90. The molecule has 0 atom stereocenters. The van der Waals surface area contributed by atoms with Gasteiger partial charge in [0.25, 0.3) is 0 Å². The van der Waals surface area contributed by atoms with Crippen molar-refractivity contribution in [3.63, 3.8) is 0 Å². The Bertz CT molecular complexity index is 265. The van der Waals surface area contributed by atoms with E-state index in [2.05, 4.69) is 26.0 Å². The van der Waals surface area contributed by atoms with E-state index in [1.807, 2.05) is 11.7 Å². The topological polar surface area (TPSA) is 30.7 Å². The number of rotatable bonds is 2. The van der Waals surface area contributed by atoms with Gasteiger partial charge in [-0.25, -0.2) is 4.98 Å². The molecule has 0 aliphatic heterocycles. The molecule has 11 heavy (non-hydrogen) atoms. The van der Waals surface area contributed by atoms with E-state index < -0.39 is 0 Å². The minimum Gasteiger partial charge on any atom is -0.253 e. The molecule has 0 N–H and O–H groups in total. The van der Waals surface area contributed by atoms with Gasteiger partial charge < -0.3 is 0 Å². The summed E-state index contributed by atoms with van der Waals surface area (Å²) in [7, 11) is 1.97. The van der Waals surface area contributed by atoms with Crippen molar-refractivity contribution >= 4 is 15.9 Å². The first kappa shape index (κ1) is 7.28. The number of hydrogen-bond donors (Lipinski definition) is 0. The van der Waals surface area contributed by atoms with Crippen molar-refractivity contribution in [2.75, 3.05) is 0 Å². The second-order valence-electron chi connectivity index (χ2n) is 2.92. The zero-order valence-corrected chi connectivity index (χ0v) is 8.00. The number of aromatic nitrogens is 3. The third kappa shape index (κ3) is 1.31. The Hall–Kier alpha value is -0.380. The van der Waals surface area contributed by atoms with E-state index in [9.17, 15) is 0 Å². The zero-order chi connectivity index (χ0) is 7.84. The van der Waals surface area contributed by atoms with Gasteiger partial charge in [0.1, 0.15) is 5.82 Å². The summed E-state index contributed by atoms with van der Waals surface area (Å²) in [5, 5.41) is 5.01. The molecule has 1 aromatic rings. The highest BCUT2D eigenvalue weighted by Gasteiger charge is 2.28. The Morgan fingerprint density at radius 1 is 1.64 bits per heavy atom. The van der Waals surface area contributed by atoms with Gasteiger partial charge in [0.15, 0.2) is 5.82 Å². The molecule has 0 unspecified atom stereocenters. The Kier molecular flexibility index (Phi) is 1.71. The molecule has 0 bridgehead atoms. The van der Waals surface area contributed by atoms with Crippen molar-refractivity contribution in [2.24, 2.45) is 7.05 Å². The van der Waals surface area contributed by atoms with Gasteiger partial charge in [0.2, 0.25) is 0 Å². The van der Waals surface area contributed by atoms with Crippen LogP contribution in [0.3, 0.4) is 0 Å². The van der Waals surface area contributed by atoms with Gasteiger partial charge >= 0.3 is 0 Å². The minimum atomic E-state index is 0.695. The molecule has 1 aliphatic carbocycles. The second kappa shape index (κ2) is 2.59. The predicted molar refractivity (Wildman–Crippen MR) is 45.6 cm³/mol. The van der Waals surface area contributed by atoms with Crippen LogP contribution >= 0.6 is 15.9 Å². The molecule has 1 aromatic heterocycles. The van der Waals surface area contributed by atoms with E-state index in [0.717, 1.165) is 17.0 Å². The Labute approximate surface area is 73.9 Å². The fourth-order valence-corrected chi connectivity index (χ4v) is 1.44. The number of alkyl halides is 1. The average Bonchev–Trinajstić information content (AvgIpc) is 2.76. The van der Waals surface area contributed by atoms with Crippen molar-refractivity contribution in [1.82, 2.24) is 14.8 Å². The molecule has 0 aromatic carbocycles. The summed E-state index contributed by atoms with van der Waals surface area (Å²) in [4.78, 5) is 4.40. The van der Waals surface area contributed by atoms with Crippen LogP contribution in [0.25, 0.3) is 0 Å². The van der Waals surface area contributed by atoms with Crippen LogP contribution in [0.2, 0.25) is 0 Å². The van der Waals surface area contributed by atoms with E-state index in [1.165, 1.54) is 12.8 Å². The van der Waals surface area contributed by atoms with Crippen molar-refractivity contribution in [2.45, 2.75) is 24.1 Å². The van der Waals surface area contributed by atoms with Crippen LogP contribution in [0.1, 0.15) is 30.4 Å². The molecule has 2 rings (SSSR count). The van der Waals surface area contributed by atoms with Crippen LogP contribution in [0.4, 0.5) is 0 Å². The van der Waals surface area contributed by atoms with Gasteiger partial charge in [0, 0.05) is 13.0 Å². The molecule has 1 heterocycles. The van der Waals surface area contributed by atoms with E-state index >= 15 is 0 Å². The minimum absolute atomic E-state index is 0.695. The quantitative estimate of drug-likeness (QED) is 0.702. The first-order valence-electron chi connectivity index (χ1n) is 3.77. The van der Waals surface area contributed by atoms with Crippen molar-refractivity contribution < 1.29 is 0 Å². The van der Waals surface area contributed by atoms with E-state index in [0.29, 0.717) is 5.92 Å². The molecule has 3 nitrogen and oxygen atoms in total. The zero-order valence-electron chi connectivity index (χ0n) is 6.42. The molecule has 0 amide bonds. The smallest absolute Gasteiger partial charge is 0.161 e. The predicted octanol–water partition coefficient (Wildman–Crippen LogP) is 1.59. The summed E-state index contributed by atoms with van der Waals surface area (Å²) < 4.78 is 1.90. The van der Waals surface area contributed by atoms with E-state index in [4.69, 9.17) is 0 Å². The maximum atomic E-state index is 4.40. The maximum Gasteiger partial charge on any atom is 0.161 e. The van der Waals surface area contributed by atoms with Gasteiger partial charge in [-0.15, -0.1) is 0 Å².